The van der Waals surface area contributed by atoms with Crippen LogP contribution in [-0.2, 0) is 6.54 Å². The van der Waals surface area contributed by atoms with Gasteiger partial charge in [-0.1, -0.05) is 26.0 Å². The summed E-state index contributed by atoms with van der Waals surface area (Å²) in [6.07, 6.45) is 0. The van der Waals surface area contributed by atoms with E-state index >= 15 is 0 Å². The number of nitrogens with one attached hydrogen (secondary N) is 3. The van der Waals surface area contributed by atoms with Gasteiger partial charge in [0.2, 0.25) is 0 Å². The standard InChI is InChI=1S/C27H30N4O4/c1-16(2)14-31-26(32)18-6-10-23(24(13-18)27(33)34)22-11-9-21(35-3)12-19(22)15-30-20-7-4-17(5-8-20)25(28)29/h4-13,16,30H,14-15H2,1-3H3,(H3,28,29)(H,31,32)(H,33,34). The molecule has 0 radical (unpaired) electrons. The van der Waals surface area contributed by atoms with Gasteiger partial charge in [0.25, 0.3) is 5.91 Å². The number of methoxy groups -OCH3 is 1. The predicted molar refractivity (Wildman–Crippen MR) is 137 cm³/mol. The van der Waals surface area contributed by atoms with E-state index in [0.29, 0.717) is 41.1 Å². The molecule has 8 heteroatoms. The average Bonchev–Trinajstić information content (AvgIpc) is 2.85. The number of carboxylic acids is 1. The van der Waals surface area contributed by atoms with E-state index in [4.69, 9.17) is 15.9 Å². The number of carboxylic acid groups (broad SMARTS) is 1. The van der Waals surface area contributed by atoms with E-state index in [1.54, 1.807) is 37.4 Å². The van der Waals surface area contributed by atoms with Crippen molar-refractivity contribution in [2.45, 2.75) is 20.4 Å². The first-order valence-electron chi connectivity index (χ1n) is 11.2. The maximum atomic E-state index is 12.5. The molecule has 0 saturated carbocycles. The highest BCUT2D eigenvalue weighted by Gasteiger charge is 2.18. The van der Waals surface area contributed by atoms with Crippen LogP contribution in [0.4, 0.5) is 5.69 Å². The molecule has 0 unspecified atom stereocenters. The van der Waals surface area contributed by atoms with Gasteiger partial charge in [-0.15, -0.1) is 0 Å². The van der Waals surface area contributed by atoms with Gasteiger partial charge in [-0.3, -0.25) is 10.2 Å². The highest BCUT2D eigenvalue weighted by molar-refractivity contribution is 6.02. The maximum absolute atomic E-state index is 12.5. The van der Waals surface area contributed by atoms with Gasteiger partial charge < -0.3 is 26.2 Å². The van der Waals surface area contributed by atoms with E-state index in [1.165, 1.54) is 6.07 Å². The number of amidine groups is 1. The number of anilines is 1. The molecule has 182 valence electrons. The molecule has 0 aliphatic carbocycles. The number of hydrogen-bond donors (Lipinski definition) is 5. The number of nitrogen functional groups attached to an aromatic ring is 1. The highest BCUT2D eigenvalue weighted by Crippen LogP contribution is 2.31. The molecule has 0 fully saturated rings. The lowest BCUT2D eigenvalue weighted by Crippen LogP contribution is -2.27. The van der Waals surface area contributed by atoms with Gasteiger partial charge in [0.1, 0.15) is 11.6 Å². The fourth-order valence-electron chi connectivity index (χ4n) is 3.57. The van der Waals surface area contributed by atoms with Crippen LogP contribution in [0.3, 0.4) is 0 Å². The Kier molecular flexibility index (Phi) is 8.09. The number of hydrogen-bond acceptors (Lipinski definition) is 5. The first-order chi connectivity index (χ1) is 16.7. The minimum Gasteiger partial charge on any atom is -0.497 e. The van der Waals surface area contributed by atoms with Gasteiger partial charge >= 0.3 is 5.97 Å². The van der Waals surface area contributed by atoms with Crippen molar-refractivity contribution in [3.63, 3.8) is 0 Å². The summed E-state index contributed by atoms with van der Waals surface area (Å²) in [5.41, 5.74) is 9.34. The Labute approximate surface area is 204 Å². The van der Waals surface area contributed by atoms with Crippen LogP contribution < -0.4 is 21.1 Å². The molecule has 0 heterocycles. The quantitative estimate of drug-likeness (QED) is 0.219. The molecule has 1 amide bonds. The Morgan fingerprint density at radius 3 is 2.26 bits per heavy atom. The van der Waals surface area contributed by atoms with Crippen molar-refractivity contribution in [1.29, 1.82) is 5.41 Å². The molecule has 35 heavy (non-hydrogen) atoms. The summed E-state index contributed by atoms with van der Waals surface area (Å²) >= 11 is 0. The summed E-state index contributed by atoms with van der Waals surface area (Å²) in [7, 11) is 1.57. The Hall–Kier alpha value is -4.33. The molecule has 0 bridgehead atoms. The van der Waals surface area contributed by atoms with E-state index in [9.17, 15) is 14.7 Å². The van der Waals surface area contributed by atoms with Crippen LogP contribution in [-0.4, -0.2) is 36.5 Å². The van der Waals surface area contributed by atoms with Crippen molar-refractivity contribution in [2.24, 2.45) is 11.7 Å². The van der Waals surface area contributed by atoms with Crippen molar-refractivity contribution in [3.05, 3.63) is 82.9 Å². The third kappa shape index (κ3) is 6.38. The van der Waals surface area contributed by atoms with E-state index < -0.39 is 5.97 Å². The molecule has 0 saturated heterocycles. The third-order valence-corrected chi connectivity index (χ3v) is 5.46. The summed E-state index contributed by atoms with van der Waals surface area (Å²) in [6, 6.07) is 17.3. The van der Waals surface area contributed by atoms with Crippen molar-refractivity contribution in [2.75, 3.05) is 19.0 Å². The molecule has 0 atom stereocenters. The first kappa shape index (κ1) is 25.3. The fraction of sp³-hybridized carbons (Fsp3) is 0.222. The molecule has 3 rings (SSSR count). The molecule has 0 aliphatic heterocycles. The van der Waals surface area contributed by atoms with Gasteiger partial charge in [0.05, 0.1) is 12.7 Å². The van der Waals surface area contributed by atoms with E-state index in [2.05, 4.69) is 10.6 Å². The topological polar surface area (TPSA) is 138 Å². The Morgan fingerprint density at radius 1 is 1.00 bits per heavy atom. The molecule has 0 aromatic heterocycles. The van der Waals surface area contributed by atoms with Gasteiger partial charge in [-0.25, -0.2) is 4.79 Å². The summed E-state index contributed by atoms with van der Waals surface area (Å²) in [5, 5.41) is 23.6. The zero-order valence-corrected chi connectivity index (χ0v) is 20.0. The first-order valence-corrected chi connectivity index (χ1v) is 11.2. The van der Waals surface area contributed by atoms with E-state index in [-0.39, 0.29) is 23.2 Å². The number of amides is 1. The number of aromatic carboxylic acids is 1. The molecule has 6 N–H and O–H groups in total. The third-order valence-electron chi connectivity index (χ3n) is 5.46. The molecular formula is C27H30N4O4. The van der Waals surface area contributed by atoms with E-state index in [1.807, 2.05) is 38.1 Å². The van der Waals surface area contributed by atoms with Crippen molar-refractivity contribution in [1.82, 2.24) is 5.32 Å². The van der Waals surface area contributed by atoms with Gasteiger partial charge in [-0.05, 0) is 71.1 Å². The number of benzene rings is 3. The smallest absolute Gasteiger partial charge is 0.336 e. The number of ether oxygens (including phenoxy) is 1. The molecule has 0 spiro atoms. The predicted octanol–water partition coefficient (Wildman–Crippen LogP) is 4.34. The molecule has 3 aromatic carbocycles. The normalized spacial score (nSPS) is 10.6. The van der Waals surface area contributed by atoms with Crippen molar-refractivity contribution in [3.8, 4) is 16.9 Å². The van der Waals surface area contributed by atoms with Crippen LogP contribution >= 0.6 is 0 Å². The Morgan fingerprint density at radius 2 is 1.66 bits per heavy atom. The average molecular weight is 475 g/mol. The highest BCUT2D eigenvalue weighted by atomic mass is 16.5. The Balaban J connectivity index is 1.95. The summed E-state index contributed by atoms with van der Waals surface area (Å²) in [6.45, 7) is 4.87. The van der Waals surface area contributed by atoms with E-state index in [0.717, 1.165) is 11.3 Å². The minimum absolute atomic E-state index is 0.00540. The summed E-state index contributed by atoms with van der Waals surface area (Å²) in [5.74, 6) is -0.509. The van der Waals surface area contributed by atoms with Crippen LogP contribution in [0.25, 0.3) is 11.1 Å². The number of rotatable bonds is 10. The second-order valence-corrected chi connectivity index (χ2v) is 8.54. The lowest BCUT2D eigenvalue weighted by molar-refractivity contribution is 0.0697. The molecular weight excluding hydrogens is 444 g/mol. The SMILES string of the molecule is COc1ccc(-c2ccc(C(=O)NCC(C)C)cc2C(=O)O)c(CNc2ccc(C(=N)N)cc2)c1. The van der Waals surface area contributed by atoms with Crippen LogP contribution in [0.1, 0.15) is 45.7 Å². The van der Waals surface area contributed by atoms with Crippen LogP contribution in [0, 0.1) is 11.3 Å². The minimum atomic E-state index is -1.12. The number of carbonyl (C=O) groups excluding carboxylic acids is 1. The largest absolute Gasteiger partial charge is 0.497 e. The van der Waals surface area contributed by atoms with Gasteiger partial charge in [-0.2, -0.15) is 0 Å². The second-order valence-electron chi connectivity index (χ2n) is 8.54. The van der Waals surface area contributed by atoms with Crippen LogP contribution in [0.15, 0.2) is 60.7 Å². The summed E-state index contributed by atoms with van der Waals surface area (Å²) in [4.78, 5) is 24.6. The monoisotopic (exact) mass is 474 g/mol. The number of carbonyl (C=O) groups is 2. The Bertz CT molecular complexity index is 1240. The van der Waals surface area contributed by atoms with Gasteiger partial charge in [0.15, 0.2) is 0 Å². The molecule has 8 nitrogen and oxygen atoms in total. The summed E-state index contributed by atoms with van der Waals surface area (Å²) < 4.78 is 5.38. The lowest BCUT2D eigenvalue weighted by Gasteiger charge is -2.16. The second kappa shape index (κ2) is 11.2. The lowest BCUT2D eigenvalue weighted by atomic mass is 9.93. The van der Waals surface area contributed by atoms with Crippen molar-refractivity contribution >= 4 is 23.4 Å². The number of nitrogens with two attached hydrogens (primary N) is 1. The van der Waals surface area contributed by atoms with Crippen molar-refractivity contribution < 1.29 is 19.4 Å². The maximum Gasteiger partial charge on any atom is 0.336 e. The van der Waals surface area contributed by atoms with Crippen LogP contribution in [0.5, 0.6) is 5.75 Å². The molecule has 3 aromatic rings. The van der Waals surface area contributed by atoms with Gasteiger partial charge in [0, 0.05) is 29.9 Å². The van der Waals surface area contributed by atoms with Crippen LogP contribution in [0.2, 0.25) is 0 Å². The molecule has 0 aliphatic rings. The fourth-order valence-corrected chi connectivity index (χ4v) is 3.57. The zero-order valence-electron chi connectivity index (χ0n) is 20.0. The zero-order chi connectivity index (χ0) is 25.5.